The molecule has 0 spiro atoms. The zero-order chi connectivity index (χ0) is 18.2. The Labute approximate surface area is 157 Å². The predicted octanol–water partition coefficient (Wildman–Crippen LogP) is 4.59. The fraction of sp³-hybridized carbons (Fsp3) is 0.417. The van der Waals surface area contributed by atoms with E-state index in [-0.39, 0.29) is 0 Å². The van der Waals surface area contributed by atoms with E-state index in [9.17, 15) is 5.11 Å². The van der Waals surface area contributed by atoms with Crippen LogP contribution in [-0.4, -0.2) is 23.6 Å². The molecule has 1 unspecified atom stereocenters. The third-order valence-corrected chi connectivity index (χ3v) is 5.43. The summed E-state index contributed by atoms with van der Waals surface area (Å²) in [5, 5.41) is 11.5. The third kappa shape index (κ3) is 4.75. The van der Waals surface area contributed by atoms with Gasteiger partial charge in [-0.3, -0.25) is 4.90 Å². The quantitative estimate of drug-likeness (QED) is 0.773. The van der Waals surface area contributed by atoms with Crippen molar-refractivity contribution >= 4 is 0 Å². The zero-order valence-corrected chi connectivity index (χ0v) is 15.7. The average Bonchev–Trinajstić information content (AvgIpc) is 3.22. The Morgan fingerprint density at radius 3 is 2.23 bits per heavy atom. The van der Waals surface area contributed by atoms with Gasteiger partial charge in [-0.2, -0.15) is 0 Å². The van der Waals surface area contributed by atoms with Crippen molar-refractivity contribution in [2.75, 3.05) is 13.6 Å². The first-order chi connectivity index (χ1) is 12.7. The summed E-state index contributed by atoms with van der Waals surface area (Å²) in [5.41, 5.74) is 1.49. The molecule has 0 aromatic heterocycles. The van der Waals surface area contributed by atoms with Gasteiger partial charge in [0.1, 0.15) is 5.60 Å². The van der Waals surface area contributed by atoms with Crippen LogP contribution in [0.2, 0.25) is 0 Å². The fourth-order valence-electron chi connectivity index (χ4n) is 3.95. The van der Waals surface area contributed by atoms with Crippen molar-refractivity contribution < 1.29 is 5.11 Å². The van der Waals surface area contributed by atoms with Crippen molar-refractivity contribution in [2.45, 2.75) is 44.2 Å². The van der Waals surface area contributed by atoms with E-state index >= 15 is 0 Å². The molecular weight excluding hydrogens is 318 g/mol. The topological polar surface area (TPSA) is 23.5 Å². The fourth-order valence-corrected chi connectivity index (χ4v) is 3.95. The molecule has 3 rings (SSSR count). The van der Waals surface area contributed by atoms with Crippen LogP contribution in [0.25, 0.3) is 0 Å². The minimum atomic E-state index is -0.817. The molecule has 0 radical (unpaired) electrons. The molecule has 1 atom stereocenters. The minimum Gasteiger partial charge on any atom is -0.384 e. The molecule has 0 heterocycles. The molecular formula is C24H29NO. The van der Waals surface area contributed by atoms with Crippen LogP contribution in [0.15, 0.2) is 60.7 Å². The number of hydrogen-bond donors (Lipinski definition) is 1. The summed E-state index contributed by atoms with van der Waals surface area (Å²) in [6, 6.07) is 20.6. The summed E-state index contributed by atoms with van der Waals surface area (Å²) in [5.74, 6) is 6.87. The van der Waals surface area contributed by atoms with Crippen LogP contribution in [0.5, 0.6) is 0 Å². The summed E-state index contributed by atoms with van der Waals surface area (Å²) < 4.78 is 0. The molecule has 1 aliphatic carbocycles. The summed E-state index contributed by atoms with van der Waals surface area (Å²) in [6.45, 7) is 1.60. The van der Waals surface area contributed by atoms with Gasteiger partial charge in [-0.15, -0.1) is 0 Å². The van der Waals surface area contributed by atoms with E-state index < -0.39 is 5.60 Å². The Balaban J connectivity index is 1.62. The van der Waals surface area contributed by atoms with Crippen LogP contribution >= 0.6 is 0 Å². The number of rotatable bonds is 6. The normalized spacial score (nSPS) is 16.9. The van der Waals surface area contributed by atoms with Gasteiger partial charge >= 0.3 is 0 Å². The molecule has 2 nitrogen and oxygen atoms in total. The number of benzene rings is 2. The van der Waals surface area contributed by atoms with Gasteiger partial charge in [0, 0.05) is 13.0 Å². The molecule has 0 aliphatic heterocycles. The van der Waals surface area contributed by atoms with Crippen LogP contribution < -0.4 is 0 Å². The second-order valence-corrected chi connectivity index (χ2v) is 7.46. The van der Waals surface area contributed by atoms with Crippen molar-refractivity contribution in [3.63, 3.8) is 0 Å². The van der Waals surface area contributed by atoms with E-state index in [1.54, 1.807) is 0 Å². The van der Waals surface area contributed by atoms with Crippen LogP contribution in [0.4, 0.5) is 0 Å². The highest BCUT2D eigenvalue weighted by Crippen LogP contribution is 2.42. The second kappa shape index (κ2) is 9.03. The predicted molar refractivity (Wildman–Crippen MR) is 107 cm³/mol. The second-order valence-electron chi connectivity index (χ2n) is 7.46. The van der Waals surface area contributed by atoms with Gasteiger partial charge in [0.05, 0.1) is 6.54 Å². The molecule has 2 aromatic carbocycles. The van der Waals surface area contributed by atoms with Gasteiger partial charge in [-0.25, -0.2) is 0 Å². The van der Waals surface area contributed by atoms with Gasteiger partial charge in [0.2, 0.25) is 0 Å². The summed E-state index contributed by atoms with van der Waals surface area (Å²) in [4.78, 5) is 2.21. The highest BCUT2D eigenvalue weighted by atomic mass is 16.3. The van der Waals surface area contributed by atoms with E-state index in [1.807, 2.05) is 36.4 Å². The summed E-state index contributed by atoms with van der Waals surface area (Å²) >= 11 is 0. The monoisotopic (exact) mass is 347 g/mol. The van der Waals surface area contributed by atoms with E-state index in [2.05, 4.69) is 48.1 Å². The molecule has 1 fully saturated rings. The van der Waals surface area contributed by atoms with Crippen LogP contribution in [0.1, 0.15) is 43.2 Å². The van der Waals surface area contributed by atoms with E-state index in [0.717, 1.165) is 24.9 Å². The lowest BCUT2D eigenvalue weighted by atomic mass is 9.78. The Morgan fingerprint density at radius 1 is 0.962 bits per heavy atom. The average molecular weight is 348 g/mol. The zero-order valence-electron chi connectivity index (χ0n) is 15.7. The van der Waals surface area contributed by atoms with Crippen molar-refractivity contribution in [3.8, 4) is 11.8 Å². The largest absolute Gasteiger partial charge is 0.384 e. The summed E-state index contributed by atoms with van der Waals surface area (Å²) in [6.07, 6.45) is 5.14. The first-order valence-electron chi connectivity index (χ1n) is 9.64. The SMILES string of the molecule is CN(CC#CCC(O)(c1ccccc1)C1CCCC1)Cc1ccccc1. The number of aliphatic hydroxyl groups is 1. The Morgan fingerprint density at radius 2 is 1.58 bits per heavy atom. The lowest BCUT2D eigenvalue weighted by Gasteiger charge is -2.33. The summed E-state index contributed by atoms with van der Waals surface area (Å²) in [7, 11) is 2.09. The van der Waals surface area contributed by atoms with Crippen molar-refractivity contribution in [3.05, 3.63) is 71.8 Å². The Kier molecular flexibility index (Phi) is 6.50. The smallest absolute Gasteiger partial charge is 0.103 e. The molecule has 2 heteroatoms. The van der Waals surface area contributed by atoms with E-state index in [0.29, 0.717) is 18.9 Å². The van der Waals surface area contributed by atoms with Crippen LogP contribution in [-0.2, 0) is 12.1 Å². The van der Waals surface area contributed by atoms with Crippen LogP contribution in [0.3, 0.4) is 0 Å². The van der Waals surface area contributed by atoms with E-state index in [4.69, 9.17) is 0 Å². The molecule has 0 amide bonds. The maximum atomic E-state index is 11.5. The highest BCUT2D eigenvalue weighted by molar-refractivity contribution is 5.26. The maximum absolute atomic E-state index is 11.5. The van der Waals surface area contributed by atoms with Crippen LogP contribution in [0, 0.1) is 17.8 Å². The molecule has 0 bridgehead atoms. The van der Waals surface area contributed by atoms with E-state index in [1.165, 1.54) is 18.4 Å². The van der Waals surface area contributed by atoms with Gasteiger partial charge < -0.3 is 5.11 Å². The first kappa shape index (κ1) is 18.7. The minimum absolute atomic E-state index is 0.321. The van der Waals surface area contributed by atoms with Gasteiger partial charge in [-0.05, 0) is 36.9 Å². The van der Waals surface area contributed by atoms with Gasteiger partial charge in [-0.1, -0.05) is 85.3 Å². The standard InChI is InChI=1S/C24H29NO/c1-25(20-21-12-4-2-5-13-21)19-11-10-18-24(26,23-16-8-9-17-23)22-14-6-3-7-15-22/h2-7,12-15,23,26H,8-9,16-20H2,1H3. The molecule has 1 N–H and O–H groups in total. The van der Waals surface area contributed by atoms with Crippen molar-refractivity contribution in [1.82, 2.24) is 4.90 Å². The van der Waals surface area contributed by atoms with Crippen molar-refractivity contribution in [1.29, 1.82) is 0 Å². The lowest BCUT2D eigenvalue weighted by Crippen LogP contribution is -2.33. The van der Waals surface area contributed by atoms with Gasteiger partial charge in [0.15, 0.2) is 0 Å². The lowest BCUT2D eigenvalue weighted by molar-refractivity contribution is -0.0173. The molecule has 1 aliphatic rings. The highest BCUT2D eigenvalue weighted by Gasteiger charge is 2.39. The van der Waals surface area contributed by atoms with Crippen molar-refractivity contribution in [2.24, 2.45) is 5.92 Å². The number of nitrogens with zero attached hydrogens (tertiary/aromatic N) is 1. The maximum Gasteiger partial charge on any atom is 0.103 e. The number of hydrogen-bond acceptors (Lipinski definition) is 2. The third-order valence-electron chi connectivity index (χ3n) is 5.43. The Bertz CT molecular complexity index is 725. The molecule has 136 valence electrons. The Hall–Kier alpha value is -2.08. The molecule has 1 saturated carbocycles. The molecule has 0 saturated heterocycles. The first-order valence-corrected chi connectivity index (χ1v) is 9.64. The van der Waals surface area contributed by atoms with Gasteiger partial charge in [0.25, 0.3) is 0 Å². The molecule has 26 heavy (non-hydrogen) atoms. The molecule has 2 aromatic rings.